The minimum absolute atomic E-state index is 0.000771. The summed E-state index contributed by atoms with van der Waals surface area (Å²) in [6.07, 6.45) is -4.28. The van der Waals surface area contributed by atoms with Crippen molar-refractivity contribution in [3.8, 4) is 11.5 Å². The number of hydrogen-bond acceptors (Lipinski definition) is 10. The lowest BCUT2D eigenvalue weighted by molar-refractivity contribution is -0.216. The number of fused-ring (bicyclic) bond motifs is 6. The van der Waals surface area contributed by atoms with E-state index in [4.69, 9.17) is 14.2 Å². The van der Waals surface area contributed by atoms with Gasteiger partial charge < -0.3 is 34.4 Å². The van der Waals surface area contributed by atoms with Gasteiger partial charge in [0.05, 0.1) is 23.3 Å². The van der Waals surface area contributed by atoms with Gasteiger partial charge in [0, 0.05) is 23.1 Å². The fourth-order valence-electron chi connectivity index (χ4n) is 6.20. The summed E-state index contributed by atoms with van der Waals surface area (Å²) in [4.78, 5) is 43.4. The van der Waals surface area contributed by atoms with Crippen LogP contribution in [0.4, 0.5) is 0 Å². The molecule has 40 heavy (non-hydrogen) atoms. The molecule has 2 unspecified atom stereocenters. The van der Waals surface area contributed by atoms with E-state index in [1.165, 1.54) is 18.2 Å². The number of ether oxygens (including phenoxy) is 3. The van der Waals surface area contributed by atoms with Crippen LogP contribution in [0.15, 0.2) is 36.0 Å². The zero-order chi connectivity index (χ0) is 28.6. The molecule has 6 rings (SSSR count). The fourth-order valence-corrected chi connectivity index (χ4v) is 6.20. The Hall–Kier alpha value is -3.73. The average molecular weight is 550 g/mol. The number of benzene rings is 2. The molecule has 0 aromatic heterocycles. The third kappa shape index (κ3) is 3.77. The van der Waals surface area contributed by atoms with E-state index in [1.54, 1.807) is 30.9 Å². The van der Waals surface area contributed by atoms with Gasteiger partial charge in [-0.05, 0) is 43.5 Å². The maximum Gasteiger partial charge on any atom is 0.331 e. The van der Waals surface area contributed by atoms with Crippen LogP contribution in [0.5, 0.6) is 11.5 Å². The van der Waals surface area contributed by atoms with Gasteiger partial charge in [0.15, 0.2) is 5.78 Å². The quantitative estimate of drug-likeness (QED) is 0.487. The number of carbonyl (C=O) groups excluding carboxylic acids is 3. The summed E-state index contributed by atoms with van der Waals surface area (Å²) in [7, 11) is 0. The first kappa shape index (κ1) is 26.5. The third-order valence-corrected chi connectivity index (χ3v) is 8.38. The van der Waals surface area contributed by atoms with Gasteiger partial charge in [-0.15, -0.1) is 0 Å². The molecule has 3 heterocycles. The molecular weight excluding hydrogens is 518 g/mol. The molecule has 2 aromatic rings. The van der Waals surface area contributed by atoms with Crippen molar-refractivity contribution < 1.29 is 43.9 Å². The largest absolute Gasteiger partial charge is 0.507 e. The molecule has 10 heteroatoms. The van der Waals surface area contributed by atoms with Gasteiger partial charge in [-0.25, -0.2) is 4.79 Å². The highest BCUT2D eigenvalue weighted by Gasteiger charge is 2.55. The van der Waals surface area contributed by atoms with Crippen molar-refractivity contribution in [2.45, 2.75) is 77.4 Å². The monoisotopic (exact) mass is 549 g/mol. The summed E-state index contributed by atoms with van der Waals surface area (Å²) < 4.78 is 17.5. The van der Waals surface area contributed by atoms with E-state index in [2.05, 4.69) is 0 Å². The lowest BCUT2D eigenvalue weighted by atomic mass is 9.77. The summed E-state index contributed by atoms with van der Waals surface area (Å²) in [5.74, 6) is -1.86. The van der Waals surface area contributed by atoms with E-state index in [9.17, 15) is 29.7 Å². The molecule has 2 aromatic carbocycles. The minimum atomic E-state index is -1.09. The molecule has 2 saturated heterocycles. The van der Waals surface area contributed by atoms with E-state index >= 15 is 0 Å². The van der Waals surface area contributed by atoms with Gasteiger partial charge in [0.25, 0.3) is 0 Å². The van der Waals surface area contributed by atoms with Gasteiger partial charge in [0.2, 0.25) is 18.3 Å². The highest BCUT2D eigenvalue weighted by Crippen LogP contribution is 2.53. The Labute approximate surface area is 230 Å². The van der Waals surface area contributed by atoms with Crippen molar-refractivity contribution >= 4 is 23.1 Å². The lowest BCUT2D eigenvalue weighted by Gasteiger charge is -2.40. The molecule has 10 nitrogen and oxygen atoms in total. The Bertz CT molecular complexity index is 1470. The first-order chi connectivity index (χ1) is 19.0. The number of nitrogens with zero attached hydrogens (tertiary/aromatic N) is 1. The van der Waals surface area contributed by atoms with E-state index in [0.717, 1.165) is 0 Å². The summed E-state index contributed by atoms with van der Waals surface area (Å²) in [6.45, 7) is 7.20. The number of phenolic OH excluding ortho intramolecular Hbond substituents is 1. The number of ketones is 2. The van der Waals surface area contributed by atoms with Crippen molar-refractivity contribution in [2.24, 2.45) is 5.92 Å². The minimum Gasteiger partial charge on any atom is -0.507 e. The van der Waals surface area contributed by atoms with Crippen molar-refractivity contribution in [1.82, 2.24) is 4.90 Å². The molecule has 0 saturated carbocycles. The summed E-state index contributed by atoms with van der Waals surface area (Å²) in [5, 5.41) is 31.3. The van der Waals surface area contributed by atoms with Crippen molar-refractivity contribution in [1.29, 1.82) is 0 Å². The summed E-state index contributed by atoms with van der Waals surface area (Å²) in [6, 6.07) is 7.08. The van der Waals surface area contributed by atoms with Crippen LogP contribution in [0.2, 0.25) is 0 Å². The Morgan fingerprint density at radius 1 is 1.12 bits per heavy atom. The first-order valence-corrected chi connectivity index (χ1v) is 13.5. The van der Waals surface area contributed by atoms with Crippen LogP contribution in [0.3, 0.4) is 0 Å². The van der Waals surface area contributed by atoms with Crippen LogP contribution in [0.1, 0.15) is 77.2 Å². The van der Waals surface area contributed by atoms with Crippen LogP contribution in [0, 0.1) is 12.8 Å². The zero-order valence-electron chi connectivity index (χ0n) is 22.6. The molecule has 7 atom stereocenters. The van der Waals surface area contributed by atoms with E-state index < -0.39 is 54.4 Å². The number of hydrogen-bond donors (Lipinski definition) is 3. The molecule has 0 bridgehead atoms. The van der Waals surface area contributed by atoms with Crippen molar-refractivity contribution in [2.75, 3.05) is 0 Å². The van der Waals surface area contributed by atoms with E-state index in [-0.39, 0.29) is 51.8 Å². The number of aliphatic hydroxyl groups is 2. The van der Waals surface area contributed by atoms with Crippen LogP contribution >= 0.6 is 0 Å². The predicted molar refractivity (Wildman–Crippen MR) is 140 cm³/mol. The molecule has 210 valence electrons. The molecule has 0 amide bonds. The standard InChI is InChI=1S/C30H31NO9/c1-5-13(3)24-30(37)40-29-16-9-12(2)10-17(32)21(16)23-25(31(24)29)28(36)22-15(27(23)35)7-6-8-19(22)39-20-11-18(33)26(34)14(4)38-20/h6-10,13-14,18,20,24,26,29,32-34H,5,11H2,1-4H3/t13-,14-,18+,20-,24?,26-,29?/m0/s1. The van der Waals surface area contributed by atoms with Crippen molar-refractivity contribution in [3.05, 3.63) is 63.8 Å². The number of esters is 1. The Morgan fingerprint density at radius 3 is 2.58 bits per heavy atom. The molecule has 4 aliphatic rings. The van der Waals surface area contributed by atoms with Gasteiger partial charge >= 0.3 is 5.97 Å². The van der Waals surface area contributed by atoms with E-state index in [0.29, 0.717) is 17.5 Å². The lowest BCUT2D eigenvalue weighted by Crippen LogP contribution is -2.48. The Kier molecular flexibility index (Phi) is 6.25. The second kappa shape index (κ2) is 9.43. The number of carbonyl (C=O) groups is 3. The van der Waals surface area contributed by atoms with Gasteiger partial charge in [-0.1, -0.05) is 32.4 Å². The van der Waals surface area contributed by atoms with Crippen LogP contribution in [0.25, 0.3) is 5.57 Å². The Morgan fingerprint density at radius 2 is 1.88 bits per heavy atom. The van der Waals surface area contributed by atoms with Crippen LogP contribution in [-0.2, 0) is 14.3 Å². The summed E-state index contributed by atoms with van der Waals surface area (Å²) >= 11 is 0. The number of allylic oxidation sites excluding steroid dienone is 2. The second-order valence-electron chi connectivity index (χ2n) is 11.0. The smallest absolute Gasteiger partial charge is 0.331 e. The van der Waals surface area contributed by atoms with Crippen molar-refractivity contribution in [3.63, 3.8) is 0 Å². The number of phenols is 1. The number of aromatic hydroxyl groups is 1. The molecule has 1 aliphatic carbocycles. The molecule has 2 fully saturated rings. The second-order valence-corrected chi connectivity index (χ2v) is 11.0. The Balaban J connectivity index is 1.52. The number of aliphatic hydroxyl groups excluding tert-OH is 2. The molecule has 0 radical (unpaired) electrons. The van der Waals surface area contributed by atoms with Gasteiger partial charge in [-0.3, -0.25) is 9.59 Å². The molecule has 3 N–H and O–H groups in total. The predicted octanol–water partition coefficient (Wildman–Crippen LogP) is 3.01. The number of rotatable bonds is 4. The molecule has 0 spiro atoms. The molecule has 3 aliphatic heterocycles. The fraction of sp³-hybridized carbons (Fsp3) is 0.433. The van der Waals surface area contributed by atoms with Gasteiger partial charge in [0.1, 0.15) is 29.3 Å². The first-order valence-electron chi connectivity index (χ1n) is 13.5. The SMILES string of the molecule is CC[C@H](C)C1C(=O)OC2c3cc(C)cc(O)c3C3=C(C(=O)c4c(O[C@H]5C[C@@H](O)[C@@H](O)[C@H](C)O5)cccc4C3=O)N21. The van der Waals surface area contributed by atoms with Crippen LogP contribution in [-0.4, -0.2) is 68.4 Å². The number of aryl methyl sites for hydroxylation is 1. The summed E-state index contributed by atoms with van der Waals surface area (Å²) in [5.41, 5.74) is 1.42. The maximum atomic E-state index is 14.4. The topological polar surface area (TPSA) is 143 Å². The normalized spacial score (nSPS) is 29.9. The third-order valence-electron chi connectivity index (χ3n) is 8.38. The van der Waals surface area contributed by atoms with Gasteiger partial charge in [-0.2, -0.15) is 0 Å². The highest BCUT2D eigenvalue weighted by molar-refractivity contribution is 6.41. The average Bonchev–Trinajstić information content (AvgIpc) is 3.26. The molecular formula is C30H31NO9. The maximum absolute atomic E-state index is 14.4. The number of Topliss-reactive ketones (excluding diaryl/α,β-unsaturated/α-hetero) is 2. The van der Waals surface area contributed by atoms with Crippen LogP contribution < -0.4 is 4.74 Å². The van der Waals surface area contributed by atoms with E-state index in [1.807, 2.05) is 13.8 Å². The highest BCUT2D eigenvalue weighted by atomic mass is 16.7. The zero-order valence-corrected chi connectivity index (χ0v) is 22.6.